The molecule has 0 saturated heterocycles. The fourth-order valence-corrected chi connectivity index (χ4v) is 2.51. The molecule has 0 amide bonds. The highest BCUT2D eigenvalue weighted by Gasteiger charge is 2.21. The van der Waals surface area contributed by atoms with E-state index >= 15 is 0 Å². The molecule has 19 heavy (non-hydrogen) atoms. The van der Waals surface area contributed by atoms with Gasteiger partial charge in [0, 0.05) is 28.9 Å². The lowest BCUT2D eigenvalue weighted by Crippen LogP contribution is -2.04. The Kier molecular flexibility index (Phi) is 4.67. The highest BCUT2D eigenvalue weighted by molar-refractivity contribution is 6.30. The molecule has 0 aliphatic rings. The molecule has 0 radical (unpaired) electrons. The van der Waals surface area contributed by atoms with Gasteiger partial charge in [0.1, 0.15) is 5.75 Å². The summed E-state index contributed by atoms with van der Waals surface area (Å²) in [5.74, 6) is 0.869. The van der Waals surface area contributed by atoms with Crippen molar-refractivity contribution in [3.05, 3.63) is 58.9 Å². The van der Waals surface area contributed by atoms with E-state index in [0.717, 1.165) is 11.1 Å². The third-order valence-corrected chi connectivity index (χ3v) is 4.01. The number of nitrogens with zero attached hydrogens (tertiary/aromatic N) is 1. The number of methoxy groups -OCH3 is 1. The Morgan fingerprint density at radius 1 is 1.16 bits per heavy atom. The summed E-state index contributed by atoms with van der Waals surface area (Å²) in [6.07, 6.45) is 3.54. The second-order valence-corrected chi connectivity index (χ2v) is 5.26. The minimum atomic E-state index is -0.186. The lowest BCUT2D eigenvalue weighted by molar-refractivity contribution is 0.407. The van der Waals surface area contributed by atoms with Crippen molar-refractivity contribution in [2.45, 2.75) is 18.2 Å². The Morgan fingerprint density at radius 2 is 1.84 bits per heavy atom. The Hall–Kier alpha value is -1.25. The molecule has 0 bridgehead atoms. The second kappa shape index (κ2) is 6.27. The van der Waals surface area contributed by atoms with Crippen molar-refractivity contribution in [1.82, 2.24) is 4.98 Å². The number of hydrogen-bond acceptors (Lipinski definition) is 2. The Labute approximate surface area is 123 Å². The van der Waals surface area contributed by atoms with Gasteiger partial charge in [-0.15, -0.1) is 11.6 Å². The number of rotatable bonds is 4. The van der Waals surface area contributed by atoms with E-state index in [-0.39, 0.29) is 11.3 Å². The first-order valence-electron chi connectivity index (χ1n) is 6.01. The van der Waals surface area contributed by atoms with E-state index in [2.05, 4.69) is 11.9 Å². The molecule has 1 heterocycles. The van der Waals surface area contributed by atoms with Crippen molar-refractivity contribution >= 4 is 23.2 Å². The third kappa shape index (κ3) is 3.20. The molecule has 2 unspecified atom stereocenters. The smallest absolute Gasteiger partial charge is 0.125 e. The zero-order valence-electron chi connectivity index (χ0n) is 10.8. The highest BCUT2D eigenvalue weighted by atomic mass is 35.5. The van der Waals surface area contributed by atoms with Gasteiger partial charge in [-0.3, -0.25) is 4.98 Å². The van der Waals surface area contributed by atoms with Crippen LogP contribution in [0.25, 0.3) is 0 Å². The fourth-order valence-electron chi connectivity index (χ4n) is 2.02. The van der Waals surface area contributed by atoms with Gasteiger partial charge in [0.15, 0.2) is 0 Å². The first kappa shape index (κ1) is 14.2. The van der Waals surface area contributed by atoms with Gasteiger partial charge in [0.2, 0.25) is 0 Å². The standard InChI is InChI=1S/C15H15Cl2NO/c1-10(11-5-7-18-8-6-11)15(17)13-4-3-12(16)9-14(13)19-2/h3-10,15H,1-2H3. The monoisotopic (exact) mass is 295 g/mol. The van der Waals surface area contributed by atoms with E-state index in [0.29, 0.717) is 10.8 Å². The summed E-state index contributed by atoms with van der Waals surface area (Å²) >= 11 is 12.5. The topological polar surface area (TPSA) is 22.1 Å². The van der Waals surface area contributed by atoms with Crippen molar-refractivity contribution in [1.29, 1.82) is 0 Å². The zero-order valence-corrected chi connectivity index (χ0v) is 12.3. The second-order valence-electron chi connectivity index (χ2n) is 4.36. The molecular formula is C15H15Cl2NO. The van der Waals surface area contributed by atoms with Crippen molar-refractivity contribution < 1.29 is 4.74 Å². The average molecular weight is 296 g/mol. The van der Waals surface area contributed by atoms with E-state index in [4.69, 9.17) is 27.9 Å². The van der Waals surface area contributed by atoms with E-state index in [1.807, 2.05) is 24.3 Å². The zero-order chi connectivity index (χ0) is 13.8. The highest BCUT2D eigenvalue weighted by Crippen LogP contribution is 2.40. The van der Waals surface area contributed by atoms with Gasteiger partial charge < -0.3 is 4.74 Å². The van der Waals surface area contributed by atoms with Crippen LogP contribution in [0, 0.1) is 0 Å². The van der Waals surface area contributed by atoms with Gasteiger partial charge in [-0.05, 0) is 29.8 Å². The molecule has 1 aromatic heterocycles. The van der Waals surface area contributed by atoms with E-state index in [9.17, 15) is 0 Å². The van der Waals surface area contributed by atoms with Crippen LogP contribution in [0.3, 0.4) is 0 Å². The normalized spacial score (nSPS) is 13.9. The van der Waals surface area contributed by atoms with Gasteiger partial charge in [-0.2, -0.15) is 0 Å². The number of hydrogen-bond donors (Lipinski definition) is 0. The molecule has 2 atom stereocenters. The minimum absolute atomic E-state index is 0.153. The quantitative estimate of drug-likeness (QED) is 0.754. The van der Waals surface area contributed by atoms with Crippen LogP contribution >= 0.6 is 23.2 Å². The number of alkyl halides is 1. The molecule has 0 aliphatic carbocycles. The fraction of sp³-hybridized carbons (Fsp3) is 0.267. The van der Waals surface area contributed by atoms with Crippen LogP contribution in [0.4, 0.5) is 0 Å². The van der Waals surface area contributed by atoms with Crippen LogP contribution in [0.2, 0.25) is 5.02 Å². The number of benzene rings is 1. The molecule has 0 aliphatic heterocycles. The molecule has 1 aromatic carbocycles. The third-order valence-electron chi connectivity index (χ3n) is 3.16. The first-order valence-corrected chi connectivity index (χ1v) is 6.82. The summed E-state index contributed by atoms with van der Waals surface area (Å²) in [5, 5.41) is 0.454. The van der Waals surface area contributed by atoms with Gasteiger partial charge in [-0.1, -0.05) is 24.6 Å². The summed E-state index contributed by atoms with van der Waals surface area (Å²) in [7, 11) is 1.62. The molecule has 2 aromatic rings. The van der Waals surface area contributed by atoms with E-state index in [1.54, 1.807) is 25.6 Å². The first-order chi connectivity index (χ1) is 9.13. The number of pyridine rings is 1. The van der Waals surface area contributed by atoms with Crippen molar-refractivity contribution in [2.75, 3.05) is 7.11 Å². The maximum atomic E-state index is 6.58. The minimum Gasteiger partial charge on any atom is -0.496 e. The summed E-state index contributed by atoms with van der Waals surface area (Å²) in [4.78, 5) is 4.02. The average Bonchev–Trinajstić information content (AvgIpc) is 2.46. The van der Waals surface area contributed by atoms with Crippen molar-refractivity contribution in [3.8, 4) is 5.75 Å². The van der Waals surface area contributed by atoms with Crippen molar-refractivity contribution in [2.24, 2.45) is 0 Å². The molecule has 4 heteroatoms. The summed E-state index contributed by atoms with van der Waals surface area (Å²) in [6.45, 7) is 2.08. The van der Waals surface area contributed by atoms with Crippen LogP contribution in [0.15, 0.2) is 42.7 Å². The maximum Gasteiger partial charge on any atom is 0.125 e. The van der Waals surface area contributed by atoms with E-state index < -0.39 is 0 Å². The Bertz CT molecular complexity index is 545. The molecule has 0 saturated carbocycles. The molecule has 2 rings (SSSR count). The summed E-state index contributed by atoms with van der Waals surface area (Å²) < 4.78 is 5.35. The van der Waals surface area contributed by atoms with Gasteiger partial charge >= 0.3 is 0 Å². The van der Waals surface area contributed by atoms with Gasteiger partial charge in [0.25, 0.3) is 0 Å². The molecule has 100 valence electrons. The van der Waals surface area contributed by atoms with Crippen LogP contribution in [0.1, 0.15) is 29.3 Å². The maximum absolute atomic E-state index is 6.58. The SMILES string of the molecule is COc1cc(Cl)ccc1C(Cl)C(C)c1ccncc1. The molecule has 0 spiro atoms. The van der Waals surface area contributed by atoms with Crippen LogP contribution in [-0.4, -0.2) is 12.1 Å². The predicted octanol–water partition coefficient (Wildman–Crippen LogP) is 4.83. The number of ether oxygens (including phenoxy) is 1. The Morgan fingerprint density at radius 3 is 2.47 bits per heavy atom. The van der Waals surface area contributed by atoms with Gasteiger partial charge in [0.05, 0.1) is 12.5 Å². The summed E-state index contributed by atoms with van der Waals surface area (Å²) in [5.41, 5.74) is 2.09. The lowest BCUT2D eigenvalue weighted by Gasteiger charge is -2.21. The van der Waals surface area contributed by atoms with Crippen LogP contribution in [0.5, 0.6) is 5.75 Å². The number of aromatic nitrogens is 1. The van der Waals surface area contributed by atoms with Crippen molar-refractivity contribution in [3.63, 3.8) is 0 Å². The Balaban J connectivity index is 2.31. The molecular weight excluding hydrogens is 281 g/mol. The van der Waals surface area contributed by atoms with E-state index in [1.165, 1.54) is 0 Å². The molecule has 0 fully saturated rings. The van der Waals surface area contributed by atoms with Crippen LogP contribution < -0.4 is 4.74 Å². The van der Waals surface area contributed by atoms with Gasteiger partial charge in [-0.25, -0.2) is 0 Å². The predicted molar refractivity (Wildman–Crippen MR) is 79.3 cm³/mol. The lowest BCUT2D eigenvalue weighted by atomic mass is 9.93. The summed E-state index contributed by atoms with van der Waals surface area (Å²) in [6, 6.07) is 9.47. The number of halogens is 2. The molecule has 0 N–H and O–H groups in total. The van der Waals surface area contributed by atoms with Crippen LogP contribution in [-0.2, 0) is 0 Å². The largest absolute Gasteiger partial charge is 0.496 e. The molecule has 2 nitrogen and oxygen atoms in total.